The van der Waals surface area contributed by atoms with Crippen LogP contribution in [-0.4, -0.2) is 37.0 Å². The van der Waals surface area contributed by atoms with E-state index in [-0.39, 0.29) is 12.4 Å². The van der Waals surface area contributed by atoms with Gasteiger partial charge in [0.05, 0.1) is 0 Å². The van der Waals surface area contributed by atoms with E-state index in [1.54, 1.807) is 0 Å². The molecule has 2 rings (SSSR count). The largest absolute Gasteiger partial charge is 0.343 e. The smallest absolute Gasteiger partial charge is 0.222 e. The van der Waals surface area contributed by atoms with Crippen molar-refractivity contribution in [2.24, 2.45) is 11.8 Å². The van der Waals surface area contributed by atoms with Gasteiger partial charge in [0, 0.05) is 19.5 Å². The third-order valence-corrected chi connectivity index (χ3v) is 5.45. The van der Waals surface area contributed by atoms with E-state index in [1.807, 2.05) is 7.05 Å². The molecule has 0 aromatic carbocycles. The van der Waals surface area contributed by atoms with Crippen LogP contribution in [0.5, 0.6) is 0 Å². The molecule has 1 aliphatic heterocycles. The first kappa shape index (κ1) is 18.8. The first-order valence-electron chi connectivity index (χ1n) is 8.65. The molecule has 0 bridgehead atoms. The van der Waals surface area contributed by atoms with Gasteiger partial charge in [-0.1, -0.05) is 32.6 Å². The average molecular weight is 317 g/mol. The summed E-state index contributed by atoms with van der Waals surface area (Å²) >= 11 is 0. The van der Waals surface area contributed by atoms with Crippen molar-refractivity contribution in [2.75, 3.05) is 20.1 Å². The highest BCUT2D eigenvalue weighted by molar-refractivity contribution is 5.85. The van der Waals surface area contributed by atoms with Gasteiger partial charge < -0.3 is 10.2 Å². The molecule has 1 heterocycles. The predicted molar refractivity (Wildman–Crippen MR) is 90.9 cm³/mol. The van der Waals surface area contributed by atoms with Gasteiger partial charge >= 0.3 is 0 Å². The van der Waals surface area contributed by atoms with Crippen LogP contribution in [0.3, 0.4) is 0 Å². The Bertz CT molecular complexity index is 297. The molecule has 0 spiro atoms. The highest BCUT2D eigenvalue weighted by Crippen LogP contribution is 2.26. The number of halogens is 1. The summed E-state index contributed by atoms with van der Waals surface area (Å²) in [5.41, 5.74) is 0. The van der Waals surface area contributed by atoms with Crippen molar-refractivity contribution >= 4 is 18.3 Å². The van der Waals surface area contributed by atoms with Crippen LogP contribution in [0, 0.1) is 11.8 Å². The Morgan fingerprint density at radius 3 is 2.24 bits per heavy atom. The number of nitrogens with one attached hydrogen (secondary N) is 1. The van der Waals surface area contributed by atoms with Crippen molar-refractivity contribution in [1.82, 2.24) is 10.2 Å². The number of nitrogens with zero attached hydrogens (tertiary/aromatic N) is 1. The van der Waals surface area contributed by atoms with E-state index < -0.39 is 0 Å². The molecule has 0 aromatic rings. The van der Waals surface area contributed by atoms with E-state index in [1.165, 1.54) is 51.4 Å². The lowest BCUT2D eigenvalue weighted by atomic mass is 9.84. The van der Waals surface area contributed by atoms with E-state index in [9.17, 15) is 4.79 Å². The average Bonchev–Trinajstić information content (AvgIpc) is 2.76. The molecule has 1 amide bonds. The van der Waals surface area contributed by atoms with Crippen molar-refractivity contribution in [1.29, 1.82) is 0 Å². The van der Waals surface area contributed by atoms with Gasteiger partial charge in [0.15, 0.2) is 0 Å². The van der Waals surface area contributed by atoms with E-state index in [0.717, 1.165) is 25.4 Å². The summed E-state index contributed by atoms with van der Waals surface area (Å²) in [7, 11) is 2.04. The van der Waals surface area contributed by atoms with Gasteiger partial charge in [-0.2, -0.15) is 0 Å². The third-order valence-electron chi connectivity index (χ3n) is 5.45. The highest BCUT2D eigenvalue weighted by atomic mass is 35.5. The molecule has 3 nitrogen and oxygen atoms in total. The topological polar surface area (TPSA) is 32.3 Å². The van der Waals surface area contributed by atoms with Crippen LogP contribution in [0.2, 0.25) is 0 Å². The summed E-state index contributed by atoms with van der Waals surface area (Å²) in [6.45, 7) is 4.53. The summed E-state index contributed by atoms with van der Waals surface area (Å²) in [6.07, 6.45) is 10.9. The fourth-order valence-electron chi connectivity index (χ4n) is 3.85. The van der Waals surface area contributed by atoms with Crippen molar-refractivity contribution in [3.8, 4) is 0 Å². The third kappa shape index (κ3) is 5.78. The Morgan fingerprint density at radius 1 is 1.10 bits per heavy atom. The van der Waals surface area contributed by atoms with Crippen LogP contribution >= 0.6 is 12.4 Å². The van der Waals surface area contributed by atoms with E-state index in [4.69, 9.17) is 0 Å². The number of carbonyl (C=O) groups excluding carboxylic acids is 1. The Kier molecular flexibility index (Phi) is 8.65. The molecule has 1 N–H and O–H groups in total. The van der Waals surface area contributed by atoms with Gasteiger partial charge in [0.1, 0.15) is 0 Å². The summed E-state index contributed by atoms with van der Waals surface area (Å²) in [6, 6.07) is 0.505. The number of hydrogen-bond donors (Lipinski definition) is 1. The van der Waals surface area contributed by atoms with E-state index in [2.05, 4.69) is 17.1 Å². The molecule has 1 unspecified atom stereocenters. The maximum absolute atomic E-state index is 12.5. The number of piperidine rings is 1. The molecule has 1 aliphatic carbocycles. The molecule has 2 aliphatic rings. The fraction of sp³-hybridized carbons (Fsp3) is 0.941. The molecule has 1 saturated heterocycles. The van der Waals surface area contributed by atoms with Crippen molar-refractivity contribution < 1.29 is 4.79 Å². The maximum atomic E-state index is 12.5. The van der Waals surface area contributed by atoms with Crippen LogP contribution in [-0.2, 0) is 4.79 Å². The second-order valence-electron chi connectivity index (χ2n) is 6.92. The van der Waals surface area contributed by atoms with Gasteiger partial charge in [-0.05, 0) is 50.6 Å². The zero-order chi connectivity index (χ0) is 14.4. The monoisotopic (exact) mass is 316 g/mol. The summed E-state index contributed by atoms with van der Waals surface area (Å²) in [5.74, 6) is 1.66. The Balaban J connectivity index is 0.00000220. The lowest BCUT2D eigenvalue weighted by molar-refractivity contribution is -0.133. The van der Waals surface area contributed by atoms with Crippen LogP contribution < -0.4 is 5.32 Å². The number of rotatable bonds is 4. The van der Waals surface area contributed by atoms with E-state index in [0.29, 0.717) is 17.9 Å². The van der Waals surface area contributed by atoms with Crippen molar-refractivity contribution in [3.63, 3.8) is 0 Å². The van der Waals surface area contributed by atoms with E-state index >= 15 is 0 Å². The van der Waals surface area contributed by atoms with Gasteiger partial charge in [-0.25, -0.2) is 0 Å². The zero-order valence-corrected chi connectivity index (χ0v) is 14.6. The quantitative estimate of drug-likeness (QED) is 0.803. The van der Waals surface area contributed by atoms with Crippen LogP contribution in [0.25, 0.3) is 0 Å². The van der Waals surface area contributed by atoms with Crippen molar-refractivity contribution in [2.45, 2.75) is 70.8 Å². The number of amides is 1. The molecule has 1 saturated carbocycles. The van der Waals surface area contributed by atoms with Gasteiger partial charge in [-0.15, -0.1) is 12.4 Å². The Morgan fingerprint density at radius 2 is 1.67 bits per heavy atom. The molecule has 0 aromatic heterocycles. The zero-order valence-electron chi connectivity index (χ0n) is 13.8. The first-order chi connectivity index (χ1) is 9.68. The molecule has 1 atom stereocenters. The Hall–Kier alpha value is -0.280. The minimum Gasteiger partial charge on any atom is -0.343 e. The molecular weight excluding hydrogens is 284 g/mol. The minimum absolute atomic E-state index is 0. The standard InChI is InChI=1S/C17H32N2O.ClH/c1-14(15-9-11-18-12-10-15)13-17(20)19(2)16-7-5-3-4-6-8-16;/h14-16,18H,3-13H2,1-2H3;1H. The number of hydrogen-bond acceptors (Lipinski definition) is 2. The summed E-state index contributed by atoms with van der Waals surface area (Å²) in [5, 5.41) is 3.41. The van der Waals surface area contributed by atoms with Crippen LogP contribution in [0.1, 0.15) is 64.7 Å². The fourth-order valence-corrected chi connectivity index (χ4v) is 3.85. The molecule has 0 radical (unpaired) electrons. The second-order valence-corrected chi connectivity index (χ2v) is 6.92. The predicted octanol–water partition coefficient (Wildman–Crippen LogP) is 3.62. The molecule has 2 fully saturated rings. The van der Waals surface area contributed by atoms with Gasteiger partial charge in [0.25, 0.3) is 0 Å². The van der Waals surface area contributed by atoms with Gasteiger partial charge in [0.2, 0.25) is 5.91 Å². The lowest BCUT2D eigenvalue weighted by Gasteiger charge is -2.32. The minimum atomic E-state index is 0. The van der Waals surface area contributed by atoms with Crippen LogP contribution in [0.4, 0.5) is 0 Å². The van der Waals surface area contributed by atoms with Crippen LogP contribution in [0.15, 0.2) is 0 Å². The maximum Gasteiger partial charge on any atom is 0.222 e. The number of carbonyl (C=O) groups is 1. The second kappa shape index (κ2) is 9.68. The summed E-state index contributed by atoms with van der Waals surface area (Å²) < 4.78 is 0. The summed E-state index contributed by atoms with van der Waals surface area (Å²) in [4.78, 5) is 14.6. The van der Waals surface area contributed by atoms with Crippen molar-refractivity contribution in [3.05, 3.63) is 0 Å². The lowest BCUT2D eigenvalue weighted by Crippen LogP contribution is -2.39. The first-order valence-corrected chi connectivity index (χ1v) is 8.65. The molecule has 21 heavy (non-hydrogen) atoms. The molecular formula is C17H33ClN2O. The van der Waals surface area contributed by atoms with Gasteiger partial charge in [-0.3, -0.25) is 4.79 Å². The molecule has 124 valence electrons. The SMILES string of the molecule is CC(CC(=O)N(C)C1CCCCCC1)C1CCNCC1.Cl. The molecule has 4 heteroatoms. The normalized spacial score (nSPS) is 23.0. The highest BCUT2D eigenvalue weighted by Gasteiger charge is 2.26. The Labute approximate surface area is 136 Å².